The number of nitro groups is 1. The summed E-state index contributed by atoms with van der Waals surface area (Å²) in [6, 6.07) is 0. The molecule has 7 nitrogen and oxygen atoms in total. The predicted octanol–water partition coefficient (Wildman–Crippen LogP) is 0.279. The van der Waals surface area contributed by atoms with E-state index in [0.29, 0.717) is 12.2 Å². The Labute approximate surface area is 85.9 Å². The molecule has 0 spiro atoms. The van der Waals surface area contributed by atoms with Gasteiger partial charge in [0.05, 0.1) is 6.10 Å². The van der Waals surface area contributed by atoms with Gasteiger partial charge in [-0.15, -0.1) is 5.10 Å². The van der Waals surface area contributed by atoms with Crippen molar-refractivity contribution in [1.29, 1.82) is 0 Å². The molecule has 0 bridgehead atoms. The third-order valence-electron chi connectivity index (χ3n) is 2.52. The number of H-pyrrole nitrogens is 1. The summed E-state index contributed by atoms with van der Waals surface area (Å²) in [6.07, 6.45) is 2.61. The van der Waals surface area contributed by atoms with Crippen LogP contribution in [0.5, 0.6) is 0 Å². The summed E-state index contributed by atoms with van der Waals surface area (Å²) in [5.41, 5.74) is 0.457. The minimum atomic E-state index is -0.497. The first-order valence-electron chi connectivity index (χ1n) is 4.79. The van der Waals surface area contributed by atoms with Crippen molar-refractivity contribution in [3.63, 3.8) is 0 Å². The fourth-order valence-corrected chi connectivity index (χ4v) is 1.81. The lowest BCUT2D eigenvalue weighted by Crippen LogP contribution is -2.38. The second-order valence-electron chi connectivity index (χ2n) is 3.60. The van der Waals surface area contributed by atoms with E-state index in [1.54, 1.807) is 4.90 Å². The molecule has 1 saturated heterocycles. The molecule has 1 aromatic rings. The van der Waals surface area contributed by atoms with Crippen molar-refractivity contribution in [2.24, 2.45) is 0 Å². The molecule has 1 aliphatic heterocycles. The van der Waals surface area contributed by atoms with Crippen molar-refractivity contribution in [3.05, 3.63) is 16.3 Å². The topological polar surface area (TPSA) is 95.3 Å². The highest BCUT2D eigenvalue weighted by molar-refractivity contribution is 5.58. The third-order valence-corrected chi connectivity index (χ3v) is 2.52. The normalized spacial score (nSPS) is 21.7. The maximum atomic E-state index is 10.7. The molecule has 0 radical (unpaired) electrons. The molecule has 7 heteroatoms. The Balaban J connectivity index is 2.21. The van der Waals surface area contributed by atoms with Crippen LogP contribution in [-0.2, 0) is 0 Å². The molecule has 2 rings (SSSR count). The van der Waals surface area contributed by atoms with Gasteiger partial charge in [-0.25, -0.2) is 0 Å². The van der Waals surface area contributed by atoms with Crippen LogP contribution in [0.3, 0.4) is 0 Å². The number of aliphatic hydroxyl groups excluding tert-OH is 1. The second kappa shape index (κ2) is 3.85. The van der Waals surface area contributed by atoms with Crippen LogP contribution in [-0.4, -0.2) is 39.4 Å². The molecule has 0 aromatic carbocycles. The fourth-order valence-electron chi connectivity index (χ4n) is 1.81. The number of anilines is 1. The van der Waals surface area contributed by atoms with Crippen LogP contribution >= 0.6 is 0 Å². The van der Waals surface area contributed by atoms with E-state index in [2.05, 4.69) is 10.2 Å². The predicted molar refractivity (Wildman–Crippen MR) is 52.7 cm³/mol. The molecule has 1 atom stereocenters. The molecule has 1 fully saturated rings. The zero-order chi connectivity index (χ0) is 10.8. The molecular formula is C8H12N4O3. The maximum Gasteiger partial charge on any atom is 0.366 e. The van der Waals surface area contributed by atoms with Gasteiger partial charge in [0.25, 0.3) is 0 Å². The quantitative estimate of drug-likeness (QED) is 0.542. The number of aromatic amines is 1. The van der Waals surface area contributed by atoms with E-state index >= 15 is 0 Å². The number of nitrogens with zero attached hydrogens (tertiary/aromatic N) is 3. The summed E-state index contributed by atoms with van der Waals surface area (Å²) in [5.74, 6) is -0.107. The van der Waals surface area contributed by atoms with E-state index in [9.17, 15) is 15.2 Å². The average molecular weight is 212 g/mol. The number of rotatable bonds is 2. The van der Waals surface area contributed by atoms with E-state index in [-0.39, 0.29) is 5.82 Å². The Morgan fingerprint density at radius 2 is 2.53 bits per heavy atom. The summed E-state index contributed by atoms with van der Waals surface area (Å²) in [7, 11) is 0. The van der Waals surface area contributed by atoms with Gasteiger partial charge in [-0.1, -0.05) is 5.10 Å². The molecule has 1 aliphatic rings. The van der Waals surface area contributed by atoms with Crippen molar-refractivity contribution in [3.8, 4) is 0 Å². The smallest absolute Gasteiger partial charge is 0.366 e. The van der Waals surface area contributed by atoms with Gasteiger partial charge in [0.15, 0.2) is 5.69 Å². The number of aliphatic hydroxyl groups is 1. The molecule has 0 aliphatic carbocycles. The van der Waals surface area contributed by atoms with Gasteiger partial charge >= 0.3 is 5.82 Å². The third kappa shape index (κ3) is 1.91. The lowest BCUT2D eigenvalue weighted by Gasteiger charge is -2.30. The van der Waals surface area contributed by atoms with E-state index in [1.807, 2.05) is 0 Å². The minimum absolute atomic E-state index is 0.107. The maximum absolute atomic E-state index is 10.7. The zero-order valence-electron chi connectivity index (χ0n) is 8.09. The van der Waals surface area contributed by atoms with Gasteiger partial charge in [0.2, 0.25) is 0 Å². The molecule has 2 heterocycles. The highest BCUT2D eigenvalue weighted by atomic mass is 16.6. The van der Waals surface area contributed by atoms with Crippen molar-refractivity contribution < 1.29 is 10.0 Å². The first-order valence-corrected chi connectivity index (χ1v) is 4.79. The number of hydrogen-bond acceptors (Lipinski definition) is 5. The summed E-state index contributed by atoms with van der Waals surface area (Å²) < 4.78 is 0. The molecular weight excluding hydrogens is 200 g/mol. The molecule has 0 saturated carbocycles. The number of aromatic nitrogens is 2. The number of nitrogens with one attached hydrogen (secondary N) is 1. The number of piperidine rings is 1. The van der Waals surface area contributed by atoms with Gasteiger partial charge < -0.3 is 20.1 Å². The molecule has 0 amide bonds. The Morgan fingerprint density at radius 3 is 3.20 bits per heavy atom. The van der Waals surface area contributed by atoms with E-state index in [1.165, 1.54) is 6.20 Å². The van der Waals surface area contributed by atoms with Crippen molar-refractivity contribution in [2.45, 2.75) is 18.9 Å². The molecule has 15 heavy (non-hydrogen) atoms. The molecule has 1 aromatic heterocycles. The van der Waals surface area contributed by atoms with Gasteiger partial charge in [0, 0.05) is 13.1 Å². The lowest BCUT2D eigenvalue weighted by atomic mass is 10.1. The zero-order valence-corrected chi connectivity index (χ0v) is 8.09. The Bertz CT molecular complexity index is 365. The van der Waals surface area contributed by atoms with Crippen LogP contribution in [0, 0.1) is 10.1 Å². The first kappa shape index (κ1) is 9.91. The molecule has 1 unspecified atom stereocenters. The Morgan fingerprint density at radius 1 is 1.73 bits per heavy atom. The van der Waals surface area contributed by atoms with Crippen LogP contribution < -0.4 is 4.90 Å². The number of hydrogen-bond donors (Lipinski definition) is 2. The fraction of sp³-hybridized carbons (Fsp3) is 0.625. The lowest BCUT2D eigenvalue weighted by molar-refractivity contribution is -0.388. The van der Waals surface area contributed by atoms with Crippen molar-refractivity contribution >= 4 is 11.5 Å². The second-order valence-corrected chi connectivity index (χ2v) is 3.60. The standard InChI is InChI=1S/C8H12N4O3/c13-6-2-1-3-11(5-6)7-4-9-10-8(7)12(14)15/h4,6,13H,1-3,5H2,(H,9,10). The van der Waals surface area contributed by atoms with Crippen molar-refractivity contribution in [1.82, 2.24) is 10.2 Å². The van der Waals surface area contributed by atoms with Crippen LogP contribution in [0.4, 0.5) is 11.5 Å². The van der Waals surface area contributed by atoms with Gasteiger partial charge in [0.1, 0.15) is 6.20 Å². The summed E-state index contributed by atoms with van der Waals surface area (Å²) >= 11 is 0. The molecule has 82 valence electrons. The number of β-amino-alcohol motifs (C(OH)–C–C–N with tert-alkyl or cyclic N) is 1. The Hall–Kier alpha value is -1.63. The minimum Gasteiger partial charge on any atom is -0.391 e. The van der Waals surface area contributed by atoms with Crippen LogP contribution in [0.25, 0.3) is 0 Å². The van der Waals surface area contributed by atoms with Gasteiger partial charge in [-0.05, 0) is 17.8 Å². The SMILES string of the molecule is O=[N+]([O-])c1[nH]ncc1N1CCCC(O)C1. The van der Waals surface area contributed by atoms with E-state index < -0.39 is 11.0 Å². The summed E-state index contributed by atoms with van der Waals surface area (Å²) in [6.45, 7) is 1.15. The van der Waals surface area contributed by atoms with E-state index in [4.69, 9.17) is 0 Å². The van der Waals surface area contributed by atoms with Crippen molar-refractivity contribution in [2.75, 3.05) is 18.0 Å². The first-order chi connectivity index (χ1) is 7.18. The monoisotopic (exact) mass is 212 g/mol. The molecule has 2 N–H and O–H groups in total. The van der Waals surface area contributed by atoms with E-state index in [0.717, 1.165) is 19.4 Å². The van der Waals surface area contributed by atoms with Crippen LogP contribution in [0.1, 0.15) is 12.8 Å². The van der Waals surface area contributed by atoms with Crippen LogP contribution in [0.15, 0.2) is 6.20 Å². The van der Waals surface area contributed by atoms with Gasteiger partial charge in [-0.3, -0.25) is 0 Å². The Kier molecular flexibility index (Phi) is 2.55. The summed E-state index contributed by atoms with van der Waals surface area (Å²) in [5, 5.41) is 26.1. The van der Waals surface area contributed by atoms with Gasteiger partial charge in [-0.2, -0.15) is 0 Å². The van der Waals surface area contributed by atoms with Crippen LogP contribution in [0.2, 0.25) is 0 Å². The summed E-state index contributed by atoms with van der Waals surface area (Å²) in [4.78, 5) is 11.9. The largest absolute Gasteiger partial charge is 0.391 e. The highest BCUT2D eigenvalue weighted by Gasteiger charge is 2.25. The highest BCUT2D eigenvalue weighted by Crippen LogP contribution is 2.27. The average Bonchev–Trinajstić information content (AvgIpc) is 2.65.